The Morgan fingerprint density at radius 1 is 1.30 bits per heavy atom. The van der Waals surface area contributed by atoms with Crippen molar-refractivity contribution in [2.24, 2.45) is 0 Å². The maximum absolute atomic E-state index is 9.94. The average molecular weight is 149 g/mol. The standard InChI is InChI=1S/C3H6BO3.3CH4/c1-4-7-3(5)6-2;;;/h1-2H3;3*1H4. The fraction of sp³-hybridized carbons (Fsp3) is 0.833. The van der Waals surface area contributed by atoms with Crippen molar-refractivity contribution >= 4 is 13.6 Å². The summed E-state index contributed by atoms with van der Waals surface area (Å²) in [6.07, 6.45) is -0.678. The quantitative estimate of drug-likeness (QED) is 0.424. The highest BCUT2D eigenvalue weighted by atomic mass is 16.7. The smallest absolute Gasteiger partial charge is 0.489 e. The lowest BCUT2D eigenvalue weighted by Gasteiger charge is -1.94. The molecule has 0 aliphatic rings. The van der Waals surface area contributed by atoms with Crippen molar-refractivity contribution in [1.29, 1.82) is 0 Å². The van der Waals surface area contributed by atoms with Crippen LogP contribution < -0.4 is 0 Å². The summed E-state index contributed by atoms with van der Waals surface area (Å²) in [5.41, 5.74) is 0. The summed E-state index contributed by atoms with van der Waals surface area (Å²) in [6, 6.07) is 0. The van der Waals surface area contributed by atoms with Gasteiger partial charge in [0.25, 0.3) is 0 Å². The number of carbonyl (C=O) groups excluding carboxylic acids is 1. The minimum absolute atomic E-state index is 0. The Kier molecular flexibility index (Phi) is 35.9. The molecule has 63 valence electrons. The van der Waals surface area contributed by atoms with E-state index in [9.17, 15) is 4.79 Å². The zero-order valence-corrected chi connectivity index (χ0v) is 4.30. The van der Waals surface area contributed by atoms with Crippen LogP contribution in [-0.2, 0) is 9.39 Å². The molecule has 0 aromatic rings. The van der Waals surface area contributed by atoms with Crippen LogP contribution in [0.4, 0.5) is 4.79 Å². The predicted molar refractivity (Wildman–Crippen MR) is 45.3 cm³/mol. The Bertz CT molecular complexity index is 66.0. The molecule has 0 bridgehead atoms. The molecule has 0 saturated carbocycles. The average Bonchev–Trinajstić information content (AvgIpc) is 1.68. The molecule has 4 heteroatoms. The largest absolute Gasteiger partial charge is 0.509 e. The first-order valence-corrected chi connectivity index (χ1v) is 1.83. The first-order valence-electron chi connectivity index (χ1n) is 1.83. The molecule has 0 spiro atoms. The van der Waals surface area contributed by atoms with Crippen LogP contribution in [-0.4, -0.2) is 20.7 Å². The van der Waals surface area contributed by atoms with Gasteiger partial charge in [-0.25, -0.2) is 4.79 Å². The van der Waals surface area contributed by atoms with E-state index in [4.69, 9.17) is 0 Å². The first kappa shape index (κ1) is 22.8. The van der Waals surface area contributed by atoms with Crippen LogP contribution in [0.3, 0.4) is 0 Å². The molecule has 0 atom stereocenters. The summed E-state index contributed by atoms with van der Waals surface area (Å²) < 4.78 is 8.30. The van der Waals surface area contributed by atoms with Gasteiger partial charge in [-0.1, -0.05) is 22.3 Å². The van der Waals surface area contributed by atoms with Crippen LogP contribution in [0.1, 0.15) is 22.3 Å². The molecule has 0 heterocycles. The zero-order valence-electron chi connectivity index (χ0n) is 4.30. The van der Waals surface area contributed by atoms with Crippen LogP contribution in [0.25, 0.3) is 0 Å². The summed E-state index contributed by atoms with van der Waals surface area (Å²) >= 11 is 0. The molecule has 0 unspecified atom stereocenters. The summed E-state index contributed by atoms with van der Waals surface area (Å²) in [5.74, 6) is 0. The SMILES string of the molecule is C.C.C.C[B]OC(=O)OC. The van der Waals surface area contributed by atoms with Crippen LogP contribution in [0.15, 0.2) is 0 Å². The minimum atomic E-state index is -0.678. The third-order valence-corrected chi connectivity index (χ3v) is 0.381. The lowest BCUT2D eigenvalue weighted by Crippen LogP contribution is -2.04. The number of hydrogen-bond acceptors (Lipinski definition) is 3. The normalized spacial score (nSPS) is 5.00. The molecular formula is C6H18BO3. The fourth-order valence-corrected chi connectivity index (χ4v) is 0.144. The highest BCUT2D eigenvalue weighted by Gasteiger charge is 1.94. The summed E-state index contributed by atoms with van der Waals surface area (Å²) in [5, 5.41) is 0. The molecule has 3 nitrogen and oxygen atoms in total. The van der Waals surface area contributed by atoms with Gasteiger partial charge in [0.05, 0.1) is 7.11 Å². The molecule has 1 radical (unpaired) electrons. The van der Waals surface area contributed by atoms with E-state index in [0.29, 0.717) is 0 Å². The molecule has 0 saturated heterocycles. The third-order valence-electron chi connectivity index (χ3n) is 0.381. The van der Waals surface area contributed by atoms with Gasteiger partial charge < -0.3 is 9.39 Å². The van der Waals surface area contributed by atoms with Crippen molar-refractivity contribution in [3.05, 3.63) is 0 Å². The van der Waals surface area contributed by atoms with Gasteiger partial charge in [0, 0.05) is 0 Å². The molecule has 0 aliphatic heterocycles. The van der Waals surface area contributed by atoms with Gasteiger partial charge >= 0.3 is 13.6 Å². The maximum atomic E-state index is 9.94. The Morgan fingerprint density at radius 2 is 1.70 bits per heavy atom. The summed E-state index contributed by atoms with van der Waals surface area (Å²) in [6.45, 7) is 1.59. The highest BCUT2D eigenvalue weighted by molar-refractivity contribution is 6.27. The van der Waals surface area contributed by atoms with Gasteiger partial charge in [-0.15, -0.1) is 0 Å². The van der Waals surface area contributed by atoms with Gasteiger partial charge in [0.2, 0.25) is 0 Å². The van der Waals surface area contributed by atoms with E-state index < -0.39 is 6.16 Å². The van der Waals surface area contributed by atoms with Crippen molar-refractivity contribution in [1.82, 2.24) is 0 Å². The van der Waals surface area contributed by atoms with E-state index in [1.54, 1.807) is 6.82 Å². The second-order valence-corrected chi connectivity index (χ2v) is 0.808. The fourth-order valence-electron chi connectivity index (χ4n) is 0.144. The molecule has 10 heavy (non-hydrogen) atoms. The third kappa shape index (κ3) is 15.7. The van der Waals surface area contributed by atoms with E-state index in [1.165, 1.54) is 14.6 Å². The molecule has 0 aliphatic carbocycles. The van der Waals surface area contributed by atoms with Gasteiger partial charge in [0.1, 0.15) is 0 Å². The van der Waals surface area contributed by atoms with Crippen molar-refractivity contribution in [3.63, 3.8) is 0 Å². The molecule has 0 N–H and O–H groups in total. The first-order chi connectivity index (χ1) is 3.31. The maximum Gasteiger partial charge on any atom is 0.489 e. The van der Waals surface area contributed by atoms with Gasteiger partial charge in [0.15, 0.2) is 0 Å². The van der Waals surface area contributed by atoms with Crippen LogP contribution in [0, 0.1) is 0 Å². The summed E-state index contributed by atoms with van der Waals surface area (Å²) in [4.78, 5) is 9.94. The van der Waals surface area contributed by atoms with Gasteiger partial charge in [-0.2, -0.15) is 0 Å². The predicted octanol–water partition coefficient (Wildman–Crippen LogP) is 2.35. The van der Waals surface area contributed by atoms with Crippen molar-refractivity contribution in [3.8, 4) is 0 Å². The number of rotatable bonds is 1. The monoisotopic (exact) mass is 149 g/mol. The number of ether oxygens (including phenoxy) is 1. The number of carbonyl (C=O) groups is 1. The highest BCUT2D eigenvalue weighted by Crippen LogP contribution is 1.76. The topological polar surface area (TPSA) is 35.5 Å². The van der Waals surface area contributed by atoms with Crippen molar-refractivity contribution in [2.45, 2.75) is 29.1 Å². The van der Waals surface area contributed by atoms with E-state index in [0.717, 1.165) is 0 Å². The van der Waals surface area contributed by atoms with E-state index in [1.807, 2.05) is 0 Å². The Balaban J connectivity index is -0.0000000600. The molecule has 0 amide bonds. The van der Waals surface area contributed by atoms with E-state index in [2.05, 4.69) is 9.39 Å². The zero-order chi connectivity index (χ0) is 5.70. The molecule has 0 aromatic carbocycles. The Labute approximate surface area is 65.0 Å². The van der Waals surface area contributed by atoms with Gasteiger partial charge in [-0.05, 0) is 6.82 Å². The molecule has 0 fully saturated rings. The lowest BCUT2D eigenvalue weighted by molar-refractivity contribution is 0.123. The lowest BCUT2D eigenvalue weighted by atomic mass is 10.1. The van der Waals surface area contributed by atoms with E-state index in [-0.39, 0.29) is 22.3 Å². The Morgan fingerprint density at radius 3 is 1.80 bits per heavy atom. The number of methoxy groups -OCH3 is 1. The second-order valence-electron chi connectivity index (χ2n) is 0.808. The minimum Gasteiger partial charge on any atom is -0.509 e. The van der Waals surface area contributed by atoms with E-state index >= 15 is 0 Å². The molecular weight excluding hydrogens is 131 g/mol. The molecule has 0 aromatic heterocycles. The van der Waals surface area contributed by atoms with Gasteiger partial charge in [-0.3, -0.25) is 0 Å². The van der Waals surface area contributed by atoms with Crippen molar-refractivity contribution < 1.29 is 14.2 Å². The van der Waals surface area contributed by atoms with Crippen molar-refractivity contribution in [2.75, 3.05) is 7.11 Å². The Hall–Kier alpha value is -0.665. The molecule has 0 rings (SSSR count). The summed E-state index contributed by atoms with van der Waals surface area (Å²) in [7, 11) is 2.51. The second kappa shape index (κ2) is 15.8. The van der Waals surface area contributed by atoms with Crippen LogP contribution in [0.2, 0.25) is 6.82 Å². The number of hydrogen-bond donors (Lipinski definition) is 0. The van der Waals surface area contributed by atoms with Crippen LogP contribution >= 0.6 is 0 Å². The van der Waals surface area contributed by atoms with Crippen LogP contribution in [0.5, 0.6) is 0 Å².